The molecule has 0 aliphatic heterocycles. The molecule has 0 aliphatic carbocycles. The van der Waals surface area contributed by atoms with Crippen LogP contribution in [0.5, 0.6) is 0 Å². The summed E-state index contributed by atoms with van der Waals surface area (Å²) in [5, 5.41) is 25.3. The third-order valence-electron chi connectivity index (χ3n) is 4.75. The number of hydrogen-bond donors (Lipinski definition) is 3. The summed E-state index contributed by atoms with van der Waals surface area (Å²) in [6.45, 7) is 5.30. The van der Waals surface area contributed by atoms with Gasteiger partial charge in [-0.2, -0.15) is 0 Å². The first-order valence-electron chi connectivity index (χ1n) is 9.68. The molecule has 3 aromatic rings. The van der Waals surface area contributed by atoms with Gasteiger partial charge in [0.1, 0.15) is 5.82 Å². The Hall–Kier alpha value is -3.19. The maximum absolute atomic E-state index is 10.5. The first kappa shape index (κ1) is 20.5. The van der Waals surface area contributed by atoms with Crippen molar-refractivity contribution in [3.05, 3.63) is 82.9 Å². The molecule has 0 spiro atoms. The highest BCUT2D eigenvalue weighted by Gasteiger charge is 2.10. The number of benzene rings is 2. The number of rotatable bonds is 7. The summed E-state index contributed by atoms with van der Waals surface area (Å²) in [6.07, 6.45) is -0.629. The Kier molecular flexibility index (Phi) is 6.97. The summed E-state index contributed by atoms with van der Waals surface area (Å²) in [4.78, 5) is 4.65. The molecule has 0 bridgehead atoms. The van der Waals surface area contributed by atoms with Gasteiger partial charge in [0.25, 0.3) is 0 Å². The molecule has 7 nitrogen and oxygen atoms in total. The summed E-state index contributed by atoms with van der Waals surface area (Å²) in [5.74, 6) is 2.28. The molecule has 1 atom stereocenters. The number of aliphatic imine (C=N–C) groups is 1. The van der Waals surface area contributed by atoms with Crippen LogP contribution in [0.3, 0.4) is 0 Å². The lowest BCUT2D eigenvalue weighted by atomic mass is 10.1. The van der Waals surface area contributed by atoms with Crippen LogP contribution in [-0.4, -0.2) is 32.4 Å². The van der Waals surface area contributed by atoms with Crippen LogP contribution < -0.4 is 10.6 Å². The van der Waals surface area contributed by atoms with E-state index in [0.29, 0.717) is 25.6 Å². The molecule has 7 heteroatoms. The van der Waals surface area contributed by atoms with Crippen molar-refractivity contribution in [2.45, 2.75) is 33.0 Å². The van der Waals surface area contributed by atoms with E-state index in [0.717, 1.165) is 28.3 Å². The number of guanidine groups is 1. The number of aryl methyl sites for hydroxylation is 2. The zero-order chi connectivity index (χ0) is 20.6. The number of nitrogens with zero attached hydrogens (tertiary/aromatic N) is 4. The van der Waals surface area contributed by atoms with Gasteiger partial charge in [-0.25, -0.2) is 4.99 Å². The lowest BCUT2D eigenvalue weighted by Gasteiger charge is -2.16. The largest absolute Gasteiger partial charge is 0.387 e. The van der Waals surface area contributed by atoms with Gasteiger partial charge in [0.2, 0.25) is 0 Å². The van der Waals surface area contributed by atoms with Crippen molar-refractivity contribution in [1.29, 1.82) is 0 Å². The first-order chi connectivity index (χ1) is 14.0. The standard InChI is InChI=1S/C22H28N6O/c1-16-8-7-11-19(12-16)20(29)14-24-22(23-13-18-9-5-4-6-10-18)25-15-21-27-26-17(2)28(21)3/h4-12,20,29H,13-15H2,1-3H3,(H2,23,24,25). The Bertz CT molecular complexity index is 951. The summed E-state index contributed by atoms with van der Waals surface area (Å²) in [7, 11) is 1.93. The van der Waals surface area contributed by atoms with Crippen LogP contribution >= 0.6 is 0 Å². The third-order valence-corrected chi connectivity index (χ3v) is 4.75. The Labute approximate surface area is 171 Å². The number of aliphatic hydroxyl groups is 1. The number of hydrogen-bond acceptors (Lipinski definition) is 4. The van der Waals surface area contributed by atoms with E-state index in [1.54, 1.807) is 0 Å². The van der Waals surface area contributed by atoms with Crippen molar-refractivity contribution in [2.24, 2.45) is 12.0 Å². The van der Waals surface area contributed by atoms with E-state index in [1.807, 2.05) is 80.1 Å². The second-order valence-corrected chi connectivity index (χ2v) is 7.04. The van der Waals surface area contributed by atoms with Crippen LogP contribution in [0.4, 0.5) is 0 Å². The molecule has 29 heavy (non-hydrogen) atoms. The lowest BCUT2D eigenvalue weighted by molar-refractivity contribution is 0.180. The highest BCUT2D eigenvalue weighted by molar-refractivity contribution is 5.79. The van der Waals surface area contributed by atoms with Crippen LogP contribution in [-0.2, 0) is 20.1 Å². The highest BCUT2D eigenvalue weighted by Crippen LogP contribution is 2.13. The molecule has 0 aliphatic rings. The molecule has 2 aromatic carbocycles. The van der Waals surface area contributed by atoms with Gasteiger partial charge >= 0.3 is 0 Å². The monoisotopic (exact) mass is 392 g/mol. The molecule has 0 saturated heterocycles. The van der Waals surface area contributed by atoms with Crippen molar-refractivity contribution in [1.82, 2.24) is 25.4 Å². The van der Waals surface area contributed by atoms with E-state index in [-0.39, 0.29) is 0 Å². The third kappa shape index (κ3) is 5.89. The first-order valence-corrected chi connectivity index (χ1v) is 9.68. The molecule has 0 radical (unpaired) electrons. The molecule has 0 fully saturated rings. The molecule has 152 valence electrons. The van der Waals surface area contributed by atoms with Gasteiger partial charge in [-0.1, -0.05) is 60.2 Å². The van der Waals surface area contributed by atoms with Gasteiger partial charge < -0.3 is 20.3 Å². The van der Waals surface area contributed by atoms with Crippen molar-refractivity contribution >= 4 is 5.96 Å². The van der Waals surface area contributed by atoms with Crippen LogP contribution in [0.2, 0.25) is 0 Å². The predicted octanol–water partition coefficient (Wildman–Crippen LogP) is 2.40. The van der Waals surface area contributed by atoms with Gasteiger partial charge in [0, 0.05) is 13.6 Å². The maximum atomic E-state index is 10.5. The van der Waals surface area contributed by atoms with Crippen molar-refractivity contribution in [3.8, 4) is 0 Å². The normalized spacial score (nSPS) is 12.6. The molecule has 1 aromatic heterocycles. The smallest absolute Gasteiger partial charge is 0.192 e. The number of aliphatic hydroxyl groups excluding tert-OH is 1. The molecule has 1 unspecified atom stereocenters. The predicted molar refractivity (Wildman–Crippen MR) is 114 cm³/mol. The molecule has 3 rings (SSSR count). The van der Waals surface area contributed by atoms with E-state index in [9.17, 15) is 5.11 Å². The summed E-state index contributed by atoms with van der Waals surface area (Å²) in [6, 6.07) is 17.9. The molecular weight excluding hydrogens is 364 g/mol. The van der Waals surface area contributed by atoms with E-state index < -0.39 is 6.10 Å². The molecule has 3 N–H and O–H groups in total. The van der Waals surface area contributed by atoms with Crippen LogP contribution in [0.25, 0.3) is 0 Å². The van der Waals surface area contributed by atoms with Gasteiger partial charge in [0.05, 0.1) is 19.2 Å². The Morgan fingerprint density at radius 1 is 1.07 bits per heavy atom. The fraction of sp³-hybridized carbons (Fsp3) is 0.318. The minimum Gasteiger partial charge on any atom is -0.387 e. The number of aromatic nitrogens is 3. The zero-order valence-electron chi connectivity index (χ0n) is 17.1. The van der Waals surface area contributed by atoms with Gasteiger partial charge in [-0.05, 0) is 25.0 Å². The second kappa shape index (κ2) is 9.84. The number of nitrogens with one attached hydrogen (secondary N) is 2. The lowest BCUT2D eigenvalue weighted by Crippen LogP contribution is -2.39. The van der Waals surface area contributed by atoms with Gasteiger partial charge in [0.15, 0.2) is 11.8 Å². The fourth-order valence-electron chi connectivity index (χ4n) is 2.88. The Morgan fingerprint density at radius 3 is 2.55 bits per heavy atom. The van der Waals surface area contributed by atoms with E-state index in [1.165, 1.54) is 0 Å². The highest BCUT2D eigenvalue weighted by atomic mass is 16.3. The van der Waals surface area contributed by atoms with E-state index in [2.05, 4.69) is 25.8 Å². The average Bonchev–Trinajstić information content (AvgIpc) is 3.06. The zero-order valence-corrected chi connectivity index (χ0v) is 17.1. The summed E-state index contributed by atoms with van der Waals surface area (Å²) >= 11 is 0. The SMILES string of the molecule is Cc1cccc(C(O)CNC(=NCc2ccccc2)NCc2nnc(C)n2C)c1. The van der Waals surface area contributed by atoms with E-state index in [4.69, 9.17) is 0 Å². The minimum atomic E-state index is -0.629. The fourth-order valence-corrected chi connectivity index (χ4v) is 2.88. The van der Waals surface area contributed by atoms with Crippen molar-refractivity contribution in [3.63, 3.8) is 0 Å². The van der Waals surface area contributed by atoms with Crippen molar-refractivity contribution < 1.29 is 5.11 Å². The van der Waals surface area contributed by atoms with E-state index >= 15 is 0 Å². The minimum absolute atomic E-state index is 0.349. The van der Waals surface area contributed by atoms with Crippen molar-refractivity contribution in [2.75, 3.05) is 6.54 Å². The van der Waals surface area contributed by atoms with Crippen LogP contribution in [0.15, 0.2) is 59.6 Å². The van der Waals surface area contributed by atoms with Gasteiger partial charge in [-0.15, -0.1) is 10.2 Å². The molecule has 0 amide bonds. The molecule has 0 saturated carbocycles. The summed E-state index contributed by atoms with van der Waals surface area (Å²) < 4.78 is 1.93. The Balaban J connectivity index is 1.66. The van der Waals surface area contributed by atoms with Crippen LogP contribution in [0.1, 0.15) is 34.4 Å². The second-order valence-electron chi connectivity index (χ2n) is 7.04. The summed E-state index contributed by atoms with van der Waals surface area (Å²) in [5.41, 5.74) is 3.11. The Morgan fingerprint density at radius 2 is 1.86 bits per heavy atom. The van der Waals surface area contributed by atoms with Crippen LogP contribution in [0, 0.1) is 13.8 Å². The molecular formula is C22H28N6O. The molecule has 1 heterocycles. The topological polar surface area (TPSA) is 87.4 Å². The maximum Gasteiger partial charge on any atom is 0.192 e. The quantitative estimate of drug-likeness (QED) is 0.425. The van der Waals surface area contributed by atoms with Gasteiger partial charge in [-0.3, -0.25) is 0 Å². The average molecular weight is 393 g/mol.